The third-order valence-corrected chi connectivity index (χ3v) is 6.19. The summed E-state index contributed by atoms with van der Waals surface area (Å²) in [5.74, 6) is 0.0117. The van der Waals surface area contributed by atoms with Gasteiger partial charge in [0.05, 0.1) is 17.6 Å². The molecule has 2 rings (SSSR count). The molecule has 1 saturated carbocycles. The quantitative estimate of drug-likeness (QED) is 0.782. The average molecular weight is 261 g/mol. The van der Waals surface area contributed by atoms with E-state index in [2.05, 4.69) is 12.2 Å². The van der Waals surface area contributed by atoms with Crippen LogP contribution in [0.5, 0.6) is 0 Å². The topological polar surface area (TPSA) is 66.4 Å². The van der Waals surface area contributed by atoms with Gasteiger partial charge in [0.25, 0.3) is 0 Å². The monoisotopic (exact) mass is 261 g/mol. The molecule has 0 spiro atoms. The van der Waals surface area contributed by atoms with Crippen molar-refractivity contribution in [3.8, 4) is 0 Å². The molecular weight excluding hydrogens is 238 g/mol. The Balaban J connectivity index is 1.90. The van der Waals surface area contributed by atoms with Crippen LogP contribution >= 0.6 is 0 Å². The predicted octanol–water partition coefficient (Wildman–Crippen LogP) is 0.704. The molecule has 2 atom stereocenters. The lowest BCUT2D eigenvalue weighted by molar-refractivity contribution is 0.151. The fraction of sp³-hybridized carbons (Fsp3) is 1.00. The Hall–Kier alpha value is -0.130. The highest BCUT2D eigenvalue weighted by Gasteiger charge is 2.38. The van der Waals surface area contributed by atoms with Crippen LogP contribution in [0.15, 0.2) is 0 Å². The molecular formula is C12H23NO3S. The zero-order valence-corrected chi connectivity index (χ0v) is 11.3. The third-order valence-electron chi connectivity index (χ3n) is 4.48. The summed E-state index contributed by atoms with van der Waals surface area (Å²) in [6.07, 6.45) is 5.42. The fourth-order valence-corrected chi connectivity index (χ4v) is 4.93. The first kappa shape index (κ1) is 13.3. The van der Waals surface area contributed by atoms with Crippen LogP contribution in [-0.4, -0.2) is 43.7 Å². The summed E-state index contributed by atoms with van der Waals surface area (Å²) in [6.45, 7) is 3.05. The molecule has 0 radical (unpaired) electrons. The highest BCUT2D eigenvalue weighted by molar-refractivity contribution is 7.91. The normalized spacial score (nSPS) is 35.2. The minimum atomic E-state index is -3.03. The maximum absolute atomic E-state index is 11.4. The van der Waals surface area contributed by atoms with Crippen molar-refractivity contribution in [2.75, 3.05) is 18.1 Å². The standard InChI is InChI=1S/C12H23NO3S/c1-2-12(5-3-4-6-12)9-13-10-7-17(15,16)8-11(10)14/h10-11,13-14H,2-9H2,1H3. The van der Waals surface area contributed by atoms with E-state index < -0.39 is 15.9 Å². The molecule has 0 aromatic heterocycles. The van der Waals surface area contributed by atoms with Crippen LogP contribution in [0.2, 0.25) is 0 Å². The molecule has 0 aromatic carbocycles. The van der Waals surface area contributed by atoms with Gasteiger partial charge in [0.15, 0.2) is 9.84 Å². The Morgan fingerprint density at radius 2 is 1.94 bits per heavy atom. The van der Waals surface area contributed by atoms with E-state index in [1.165, 1.54) is 25.7 Å². The Morgan fingerprint density at radius 1 is 1.29 bits per heavy atom. The Labute approximate surface area is 104 Å². The molecule has 2 fully saturated rings. The zero-order chi connectivity index (χ0) is 12.5. The van der Waals surface area contributed by atoms with E-state index in [-0.39, 0.29) is 17.5 Å². The van der Waals surface area contributed by atoms with Gasteiger partial charge in [0.2, 0.25) is 0 Å². The molecule has 0 aromatic rings. The molecule has 5 heteroatoms. The minimum Gasteiger partial charge on any atom is -0.390 e. The maximum Gasteiger partial charge on any atom is 0.154 e. The lowest BCUT2D eigenvalue weighted by Crippen LogP contribution is -2.44. The van der Waals surface area contributed by atoms with Crippen molar-refractivity contribution in [3.05, 3.63) is 0 Å². The van der Waals surface area contributed by atoms with E-state index in [9.17, 15) is 13.5 Å². The maximum atomic E-state index is 11.4. The van der Waals surface area contributed by atoms with E-state index in [1.807, 2.05) is 0 Å². The number of aliphatic hydroxyl groups is 1. The summed E-state index contributed by atoms with van der Waals surface area (Å²) >= 11 is 0. The van der Waals surface area contributed by atoms with Crippen molar-refractivity contribution in [3.63, 3.8) is 0 Å². The van der Waals surface area contributed by atoms with Crippen molar-refractivity contribution in [2.45, 2.75) is 51.2 Å². The van der Waals surface area contributed by atoms with Gasteiger partial charge in [0.1, 0.15) is 0 Å². The second-order valence-electron chi connectivity index (χ2n) is 5.69. The van der Waals surface area contributed by atoms with Crippen LogP contribution in [0.3, 0.4) is 0 Å². The molecule has 1 heterocycles. The van der Waals surface area contributed by atoms with E-state index in [1.54, 1.807) is 0 Å². The van der Waals surface area contributed by atoms with Crippen molar-refractivity contribution in [2.24, 2.45) is 5.41 Å². The van der Waals surface area contributed by atoms with E-state index in [4.69, 9.17) is 0 Å². The van der Waals surface area contributed by atoms with Gasteiger partial charge in [-0.05, 0) is 24.7 Å². The molecule has 1 saturated heterocycles. The van der Waals surface area contributed by atoms with Crippen molar-refractivity contribution < 1.29 is 13.5 Å². The number of aliphatic hydroxyl groups excluding tert-OH is 1. The van der Waals surface area contributed by atoms with Crippen LogP contribution in [0, 0.1) is 5.41 Å². The molecule has 100 valence electrons. The Morgan fingerprint density at radius 3 is 2.41 bits per heavy atom. The molecule has 0 bridgehead atoms. The number of hydrogen-bond donors (Lipinski definition) is 2. The summed E-state index contributed by atoms with van der Waals surface area (Å²) < 4.78 is 22.8. The third kappa shape index (κ3) is 3.01. The lowest BCUT2D eigenvalue weighted by Gasteiger charge is -2.30. The van der Waals surface area contributed by atoms with Crippen molar-refractivity contribution in [1.29, 1.82) is 0 Å². The molecule has 2 aliphatic rings. The summed E-state index contributed by atoms with van der Waals surface area (Å²) in [6, 6.07) is -0.260. The summed E-state index contributed by atoms with van der Waals surface area (Å²) in [5.41, 5.74) is 0.339. The highest BCUT2D eigenvalue weighted by Crippen LogP contribution is 2.40. The van der Waals surface area contributed by atoms with Crippen molar-refractivity contribution in [1.82, 2.24) is 5.32 Å². The van der Waals surface area contributed by atoms with Gasteiger partial charge >= 0.3 is 0 Å². The summed E-state index contributed by atoms with van der Waals surface area (Å²) in [4.78, 5) is 0. The van der Waals surface area contributed by atoms with Crippen LogP contribution in [0.1, 0.15) is 39.0 Å². The van der Waals surface area contributed by atoms with Crippen LogP contribution in [0.25, 0.3) is 0 Å². The number of nitrogens with one attached hydrogen (secondary N) is 1. The van der Waals surface area contributed by atoms with Gasteiger partial charge in [-0.3, -0.25) is 0 Å². The molecule has 1 aliphatic heterocycles. The van der Waals surface area contributed by atoms with E-state index in [0.717, 1.165) is 13.0 Å². The van der Waals surface area contributed by atoms with Gasteiger partial charge in [-0.1, -0.05) is 19.8 Å². The Bertz CT molecular complexity index is 360. The summed E-state index contributed by atoms with van der Waals surface area (Å²) in [7, 11) is -3.03. The van der Waals surface area contributed by atoms with E-state index in [0.29, 0.717) is 5.41 Å². The van der Waals surface area contributed by atoms with Gasteiger partial charge in [-0.25, -0.2) is 8.42 Å². The SMILES string of the molecule is CCC1(CNC2CS(=O)(=O)CC2O)CCCC1. The van der Waals surface area contributed by atoms with Crippen molar-refractivity contribution >= 4 is 9.84 Å². The minimum absolute atomic E-state index is 0.0796. The van der Waals surface area contributed by atoms with Gasteiger partial charge in [0, 0.05) is 12.6 Å². The number of hydrogen-bond acceptors (Lipinski definition) is 4. The fourth-order valence-electron chi connectivity index (χ4n) is 3.15. The second kappa shape index (κ2) is 4.86. The van der Waals surface area contributed by atoms with Gasteiger partial charge in [-0.15, -0.1) is 0 Å². The van der Waals surface area contributed by atoms with Gasteiger partial charge in [-0.2, -0.15) is 0 Å². The molecule has 17 heavy (non-hydrogen) atoms. The van der Waals surface area contributed by atoms with E-state index >= 15 is 0 Å². The van der Waals surface area contributed by atoms with Crippen LogP contribution in [-0.2, 0) is 9.84 Å². The second-order valence-corrected chi connectivity index (χ2v) is 7.85. The molecule has 4 nitrogen and oxygen atoms in total. The van der Waals surface area contributed by atoms with Gasteiger partial charge < -0.3 is 10.4 Å². The van der Waals surface area contributed by atoms with Crippen LogP contribution < -0.4 is 5.32 Å². The highest BCUT2D eigenvalue weighted by atomic mass is 32.2. The lowest BCUT2D eigenvalue weighted by atomic mass is 9.83. The first-order valence-electron chi connectivity index (χ1n) is 6.58. The molecule has 0 amide bonds. The predicted molar refractivity (Wildman–Crippen MR) is 67.6 cm³/mol. The average Bonchev–Trinajstić information content (AvgIpc) is 2.81. The Kier molecular flexibility index (Phi) is 3.80. The molecule has 1 aliphatic carbocycles. The zero-order valence-electron chi connectivity index (χ0n) is 10.5. The smallest absolute Gasteiger partial charge is 0.154 e. The number of sulfone groups is 1. The largest absolute Gasteiger partial charge is 0.390 e. The number of rotatable bonds is 4. The van der Waals surface area contributed by atoms with Crippen LogP contribution in [0.4, 0.5) is 0 Å². The molecule has 2 N–H and O–H groups in total. The first-order chi connectivity index (χ1) is 7.96. The first-order valence-corrected chi connectivity index (χ1v) is 8.40. The summed E-state index contributed by atoms with van der Waals surface area (Å²) in [5, 5.41) is 13.0. The molecule has 2 unspecified atom stereocenters.